The van der Waals surface area contributed by atoms with E-state index in [4.69, 9.17) is 0 Å². The Morgan fingerprint density at radius 3 is 2.29 bits per heavy atom. The Morgan fingerprint density at radius 1 is 1.10 bits per heavy atom. The third-order valence-electron chi connectivity index (χ3n) is 5.10. The van der Waals surface area contributed by atoms with Gasteiger partial charge in [0.25, 0.3) is 0 Å². The summed E-state index contributed by atoms with van der Waals surface area (Å²) < 4.78 is 40.0. The molecule has 0 radical (unpaired) electrons. The Morgan fingerprint density at radius 2 is 1.71 bits per heavy atom. The topological polar surface area (TPSA) is 12.0 Å². The highest BCUT2D eigenvalue weighted by Gasteiger charge is 2.32. The molecule has 1 nitrogen and oxygen atoms in total. The van der Waals surface area contributed by atoms with E-state index >= 15 is 0 Å². The number of nitrogens with one attached hydrogen (secondary N) is 1. The van der Waals surface area contributed by atoms with E-state index in [0.717, 1.165) is 38.2 Å². The van der Waals surface area contributed by atoms with Crippen molar-refractivity contribution in [2.75, 3.05) is 5.32 Å². The van der Waals surface area contributed by atoms with Crippen LogP contribution in [0.25, 0.3) is 0 Å². The molecule has 0 amide bonds. The molecule has 0 aromatic heterocycles. The van der Waals surface area contributed by atoms with Crippen LogP contribution in [0.4, 0.5) is 18.9 Å². The van der Waals surface area contributed by atoms with Crippen LogP contribution in [-0.4, -0.2) is 6.04 Å². The molecule has 0 aliphatic heterocycles. The molecule has 21 heavy (non-hydrogen) atoms. The SMILES string of the molecule is CCC(C)(C)C1CCC(Nc2cc(F)cc(F)c2F)CC1. The zero-order valence-corrected chi connectivity index (χ0v) is 13.0. The van der Waals surface area contributed by atoms with Gasteiger partial charge in [-0.1, -0.05) is 27.2 Å². The Hall–Kier alpha value is -1.19. The zero-order chi connectivity index (χ0) is 15.6. The van der Waals surface area contributed by atoms with Gasteiger partial charge in [-0.25, -0.2) is 13.2 Å². The van der Waals surface area contributed by atoms with Gasteiger partial charge in [0.05, 0.1) is 5.69 Å². The van der Waals surface area contributed by atoms with Crippen molar-refractivity contribution in [3.8, 4) is 0 Å². The molecule has 0 heterocycles. The fourth-order valence-corrected chi connectivity index (χ4v) is 3.19. The first-order chi connectivity index (χ1) is 9.83. The summed E-state index contributed by atoms with van der Waals surface area (Å²) in [5.74, 6) is -2.22. The van der Waals surface area contributed by atoms with Crippen molar-refractivity contribution >= 4 is 5.69 Å². The van der Waals surface area contributed by atoms with Gasteiger partial charge in [0, 0.05) is 18.2 Å². The fourth-order valence-electron chi connectivity index (χ4n) is 3.19. The Kier molecular flexibility index (Phi) is 4.84. The van der Waals surface area contributed by atoms with E-state index in [0.29, 0.717) is 17.4 Å². The summed E-state index contributed by atoms with van der Waals surface area (Å²) in [5, 5.41) is 2.97. The van der Waals surface area contributed by atoms with Crippen LogP contribution in [0.15, 0.2) is 12.1 Å². The van der Waals surface area contributed by atoms with Crippen molar-refractivity contribution in [1.82, 2.24) is 0 Å². The number of rotatable bonds is 4. The van der Waals surface area contributed by atoms with Gasteiger partial charge in [0.15, 0.2) is 11.6 Å². The van der Waals surface area contributed by atoms with Crippen molar-refractivity contribution in [2.24, 2.45) is 11.3 Å². The maximum Gasteiger partial charge on any atom is 0.182 e. The normalized spacial score (nSPS) is 23.1. The van der Waals surface area contributed by atoms with Crippen LogP contribution in [0, 0.1) is 28.8 Å². The van der Waals surface area contributed by atoms with Crippen molar-refractivity contribution < 1.29 is 13.2 Å². The van der Waals surface area contributed by atoms with Crippen LogP contribution in [-0.2, 0) is 0 Å². The summed E-state index contributed by atoms with van der Waals surface area (Å²) >= 11 is 0. The Balaban J connectivity index is 1.98. The van der Waals surface area contributed by atoms with E-state index in [1.165, 1.54) is 0 Å². The van der Waals surface area contributed by atoms with E-state index in [1.807, 2.05) is 0 Å². The molecule has 1 fully saturated rings. The largest absolute Gasteiger partial charge is 0.380 e. The lowest BCUT2D eigenvalue weighted by Crippen LogP contribution is -2.33. The molecule has 1 aromatic rings. The highest BCUT2D eigenvalue weighted by Crippen LogP contribution is 2.41. The molecule has 2 rings (SSSR count). The van der Waals surface area contributed by atoms with Crippen LogP contribution in [0.1, 0.15) is 52.9 Å². The number of hydrogen-bond acceptors (Lipinski definition) is 1. The first kappa shape index (κ1) is 16.2. The molecule has 1 aliphatic rings. The standard InChI is InChI=1S/C17H24F3N/c1-4-17(2,3)11-5-7-13(8-6-11)21-15-10-12(18)9-14(19)16(15)20/h9-11,13,21H,4-8H2,1-3H3. The third-order valence-corrected chi connectivity index (χ3v) is 5.10. The minimum Gasteiger partial charge on any atom is -0.380 e. The van der Waals surface area contributed by atoms with E-state index in [9.17, 15) is 13.2 Å². The molecular formula is C17H24F3N. The van der Waals surface area contributed by atoms with Gasteiger partial charge >= 0.3 is 0 Å². The molecule has 118 valence electrons. The van der Waals surface area contributed by atoms with E-state index in [-0.39, 0.29) is 11.7 Å². The lowest BCUT2D eigenvalue weighted by atomic mass is 9.69. The maximum absolute atomic E-state index is 13.7. The predicted octanol–water partition coefficient (Wildman–Crippen LogP) is 5.51. The summed E-state index contributed by atoms with van der Waals surface area (Å²) in [6.07, 6.45) is 5.09. The highest BCUT2D eigenvalue weighted by atomic mass is 19.2. The summed E-state index contributed by atoms with van der Waals surface area (Å²) in [4.78, 5) is 0. The average molecular weight is 299 g/mol. The molecule has 0 bridgehead atoms. The van der Waals surface area contributed by atoms with E-state index in [1.54, 1.807) is 0 Å². The smallest absolute Gasteiger partial charge is 0.182 e. The second-order valence-corrected chi connectivity index (χ2v) is 6.78. The number of benzene rings is 1. The van der Waals surface area contributed by atoms with Crippen LogP contribution in [0.5, 0.6) is 0 Å². The number of anilines is 1. The number of hydrogen-bond donors (Lipinski definition) is 1. The van der Waals surface area contributed by atoms with Gasteiger partial charge in [-0.05, 0) is 37.0 Å². The van der Waals surface area contributed by atoms with Gasteiger partial charge in [0.2, 0.25) is 0 Å². The van der Waals surface area contributed by atoms with Crippen LogP contribution >= 0.6 is 0 Å². The van der Waals surface area contributed by atoms with Crippen molar-refractivity contribution in [2.45, 2.75) is 58.9 Å². The molecule has 4 heteroatoms. The summed E-state index contributed by atoms with van der Waals surface area (Å²) in [7, 11) is 0. The van der Waals surface area contributed by atoms with Gasteiger partial charge in [-0.15, -0.1) is 0 Å². The first-order valence-electron chi connectivity index (χ1n) is 7.74. The van der Waals surface area contributed by atoms with Gasteiger partial charge in [-0.2, -0.15) is 0 Å². The predicted molar refractivity (Wildman–Crippen MR) is 79.8 cm³/mol. The summed E-state index contributed by atoms with van der Waals surface area (Å²) in [6, 6.07) is 1.69. The van der Waals surface area contributed by atoms with Crippen LogP contribution in [0.2, 0.25) is 0 Å². The van der Waals surface area contributed by atoms with Crippen molar-refractivity contribution in [3.63, 3.8) is 0 Å². The summed E-state index contributed by atoms with van der Waals surface area (Å²) in [6.45, 7) is 6.77. The van der Waals surface area contributed by atoms with Crippen molar-refractivity contribution in [1.29, 1.82) is 0 Å². The molecular weight excluding hydrogens is 275 g/mol. The second-order valence-electron chi connectivity index (χ2n) is 6.78. The number of halogens is 3. The van der Waals surface area contributed by atoms with Crippen LogP contribution < -0.4 is 5.32 Å². The van der Waals surface area contributed by atoms with E-state index in [2.05, 4.69) is 26.1 Å². The molecule has 0 saturated heterocycles. The van der Waals surface area contributed by atoms with Gasteiger partial charge < -0.3 is 5.32 Å². The molecule has 1 saturated carbocycles. The van der Waals surface area contributed by atoms with E-state index < -0.39 is 17.5 Å². The molecule has 1 aromatic carbocycles. The minimum absolute atomic E-state index is 0.0642. The molecule has 1 N–H and O–H groups in total. The Labute approximate surface area is 124 Å². The lowest BCUT2D eigenvalue weighted by Gasteiger charge is -2.39. The minimum atomic E-state index is -1.14. The fraction of sp³-hybridized carbons (Fsp3) is 0.647. The molecule has 0 unspecified atom stereocenters. The first-order valence-corrected chi connectivity index (χ1v) is 7.74. The van der Waals surface area contributed by atoms with Gasteiger partial charge in [0.1, 0.15) is 5.82 Å². The lowest BCUT2D eigenvalue weighted by molar-refractivity contribution is 0.147. The monoisotopic (exact) mass is 299 g/mol. The Bertz CT molecular complexity index is 491. The maximum atomic E-state index is 13.7. The van der Waals surface area contributed by atoms with Crippen LogP contribution in [0.3, 0.4) is 0 Å². The zero-order valence-electron chi connectivity index (χ0n) is 13.0. The average Bonchev–Trinajstić information content (AvgIpc) is 2.45. The quantitative estimate of drug-likeness (QED) is 0.723. The van der Waals surface area contributed by atoms with Gasteiger partial charge in [-0.3, -0.25) is 0 Å². The highest BCUT2D eigenvalue weighted by molar-refractivity contribution is 5.46. The second kappa shape index (κ2) is 6.29. The third kappa shape index (κ3) is 3.72. The van der Waals surface area contributed by atoms with Crippen molar-refractivity contribution in [3.05, 3.63) is 29.6 Å². The molecule has 0 spiro atoms. The molecule has 1 aliphatic carbocycles. The molecule has 0 atom stereocenters. The summed E-state index contributed by atoms with van der Waals surface area (Å²) in [5.41, 5.74) is 0.256.